The Morgan fingerprint density at radius 2 is 1.80 bits per heavy atom. The Labute approximate surface area is 122 Å². The topological polar surface area (TPSA) is 57.7 Å². The Balaban J connectivity index is 1.85. The number of hydrogen-bond acceptors (Lipinski definition) is 4. The van der Waals surface area contributed by atoms with E-state index in [1.54, 1.807) is 0 Å². The number of sulfone groups is 1. The molecule has 0 aromatic carbocycles. The molecule has 0 bridgehead atoms. The highest BCUT2D eigenvalue weighted by Gasteiger charge is 2.29. The van der Waals surface area contributed by atoms with E-state index in [1.807, 2.05) is 16.8 Å². The zero-order valence-electron chi connectivity index (χ0n) is 12.5. The first-order valence-corrected chi connectivity index (χ1v) is 9.39. The lowest BCUT2D eigenvalue weighted by Gasteiger charge is -2.37. The van der Waals surface area contributed by atoms with Gasteiger partial charge in [0.15, 0.2) is 9.84 Å². The van der Waals surface area contributed by atoms with Crippen molar-refractivity contribution >= 4 is 15.7 Å². The third-order valence-electron chi connectivity index (χ3n) is 4.75. The van der Waals surface area contributed by atoms with Crippen molar-refractivity contribution in [1.29, 1.82) is 0 Å². The molecule has 0 spiro atoms. The predicted molar refractivity (Wildman–Crippen MR) is 79.3 cm³/mol. The maximum atomic E-state index is 12.4. The molecule has 2 unspecified atom stereocenters. The van der Waals surface area contributed by atoms with E-state index in [4.69, 9.17) is 0 Å². The van der Waals surface area contributed by atoms with Gasteiger partial charge in [-0.05, 0) is 18.8 Å². The monoisotopic (exact) mass is 302 g/mol. The summed E-state index contributed by atoms with van der Waals surface area (Å²) in [6, 6.07) is 0.352. The van der Waals surface area contributed by atoms with Crippen molar-refractivity contribution in [2.75, 3.05) is 38.2 Å². The van der Waals surface area contributed by atoms with Gasteiger partial charge in [0.2, 0.25) is 5.91 Å². The first kappa shape index (κ1) is 15.8. The average Bonchev–Trinajstić information content (AvgIpc) is 2.41. The van der Waals surface area contributed by atoms with Crippen molar-refractivity contribution in [3.05, 3.63) is 0 Å². The van der Waals surface area contributed by atoms with Crippen LogP contribution in [0, 0.1) is 5.92 Å². The van der Waals surface area contributed by atoms with Gasteiger partial charge in [0.05, 0.1) is 18.1 Å². The number of rotatable bonds is 3. The summed E-state index contributed by atoms with van der Waals surface area (Å²) in [4.78, 5) is 16.2. The third kappa shape index (κ3) is 3.95. The standard InChI is InChI=1S/C14H26N2O3S/c1-12-5-3-4-6-13(12)15(2)14(17)11-16-7-9-20(18,19)10-8-16/h12-13H,3-11H2,1-2H3. The van der Waals surface area contributed by atoms with E-state index in [9.17, 15) is 13.2 Å². The van der Waals surface area contributed by atoms with Crippen LogP contribution in [0.1, 0.15) is 32.6 Å². The Morgan fingerprint density at radius 3 is 2.40 bits per heavy atom. The minimum absolute atomic E-state index is 0.128. The van der Waals surface area contributed by atoms with Gasteiger partial charge in [0, 0.05) is 26.2 Å². The number of likely N-dealkylation sites (N-methyl/N-ethyl adjacent to an activating group) is 1. The largest absolute Gasteiger partial charge is 0.341 e. The second-order valence-corrected chi connectivity index (χ2v) is 8.57. The minimum Gasteiger partial charge on any atom is -0.341 e. The van der Waals surface area contributed by atoms with Crippen LogP contribution < -0.4 is 0 Å². The molecule has 2 rings (SSSR count). The zero-order valence-corrected chi connectivity index (χ0v) is 13.4. The van der Waals surface area contributed by atoms with E-state index in [0.29, 0.717) is 31.6 Å². The molecule has 1 amide bonds. The van der Waals surface area contributed by atoms with E-state index < -0.39 is 9.84 Å². The summed E-state index contributed by atoms with van der Waals surface area (Å²) >= 11 is 0. The molecule has 1 saturated heterocycles. The van der Waals surface area contributed by atoms with Crippen LogP contribution in [0.5, 0.6) is 0 Å². The normalized spacial score (nSPS) is 30.9. The number of hydrogen-bond donors (Lipinski definition) is 0. The van der Waals surface area contributed by atoms with E-state index in [1.165, 1.54) is 19.3 Å². The van der Waals surface area contributed by atoms with Crippen LogP contribution in [-0.2, 0) is 14.6 Å². The fraction of sp³-hybridized carbons (Fsp3) is 0.929. The van der Waals surface area contributed by atoms with Crippen LogP contribution in [0.4, 0.5) is 0 Å². The molecule has 20 heavy (non-hydrogen) atoms. The number of carbonyl (C=O) groups excluding carboxylic acids is 1. The van der Waals surface area contributed by atoms with Crippen LogP contribution in [-0.4, -0.2) is 68.4 Å². The lowest BCUT2D eigenvalue weighted by Crippen LogP contribution is -2.49. The summed E-state index contributed by atoms with van der Waals surface area (Å²) in [5.41, 5.74) is 0. The van der Waals surface area contributed by atoms with Gasteiger partial charge in [0.1, 0.15) is 0 Å². The molecule has 0 radical (unpaired) electrons. The average molecular weight is 302 g/mol. The molecular formula is C14H26N2O3S. The Kier molecular flexibility index (Phi) is 5.07. The molecule has 1 saturated carbocycles. The first-order chi connectivity index (χ1) is 9.39. The molecule has 1 heterocycles. The van der Waals surface area contributed by atoms with E-state index >= 15 is 0 Å². The summed E-state index contributed by atoms with van der Waals surface area (Å²) in [7, 11) is -0.969. The van der Waals surface area contributed by atoms with Crippen LogP contribution in [0.25, 0.3) is 0 Å². The van der Waals surface area contributed by atoms with Crippen LogP contribution in [0.3, 0.4) is 0 Å². The lowest BCUT2D eigenvalue weighted by atomic mass is 9.85. The maximum absolute atomic E-state index is 12.4. The fourth-order valence-electron chi connectivity index (χ4n) is 3.27. The van der Waals surface area contributed by atoms with Gasteiger partial charge in [-0.25, -0.2) is 8.42 Å². The van der Waals surface area contributed by atoms with Gasteiger partial charge in [-0.2, -0.15) is 0 Å². The smallest absolute Gasteiger partial charge is 0.236 e. The van der Waals surface area contributed by atoms with Crippen molar-refractivity contribution in [3.8, 4) is 0 Å². The van der Waals surface area contributed by atoms with E-state index in [0.717, 1.165) is 6.42 Å². The van der Waals surface area contributed by atoms with Gasteiger partial charge >= 0.3 is 0 Å². The zero-order chi connectivity index (χ0) is 14.8. The Hall–Kier alpha value is -0.620. The van der Waals surface area contributed by atoms with Crippen LogP contribution in [0.15, 0.2) is 0 Å². The van der Waals surface area contributed by atoms with Gasteiger partial charge in [-0.3, -0.25) is 9.69 Å². The molecule has 2 aliphatic rings. The predicted octanol–water partition coefficient (Wildman–Crippen LogP) is 0.754. The molecule has 2 atom stereocenters. The highest BCUT2D eigenvalue weighted by Crippen LogP contribution is 2.27. The molecule has 6 heteroatoms. The van der Waals surface area contributed by atoms with Crippen molar-refractivity contribution in [2.45, 2.75) is 38.6 Å². The summed E-state index contributed by atoms with van der Waals surface area (Å²) in [5, 5.41) is 0. The second-order valence-electron chi connectivity index (χ2n) is 6.26. The van der Waals surface area contributed by atoms with Crippen molar-refractivity contribution in [2.24, 2.45) is 5.92 Å². The number of nitrogens with zero attached hydrogens (tertiary/aromatic N) is 2. The van der Waals surface area contributed by atoms with Crippen molar-refractivity contribution in [1.82, 2.24) is 9.80 Å². The Morgan fingerprint density at radius 1 is 1.20 bits per heavy atom. The van der Waals surface area contributed by atoms with Gasteiger partial charge in [-0.15, -0.1) is 0 Å². The van der Waals surface area contributed by atoms with Gasteiger partial charge in [-0.1, -0.05) is 19.8 Å². The Bertz CT molecular complexity index is 435. The molecule has 2 fully saturated rings. The van der Waals surface area contributed by atoms with E-state index in [2.05, 4.69) is 6.92 Å². The highest BCUT2D eigenvalue weighted by atomic mass is 32.2. The lowest BCUT2D eigenvalue weighted by molar-refractivity contribution is -0.134. The second kappa shape index (κ2) is 6.43. The first-order valence-electron chi connectivity index (χ1n) is 7.57. The minimum atomic E-state index is -2.87. The van der Waals surface area contributed by atoms with Gasteiger partial charge in [0.25, 0.3) is 0 Å². The van der Waals surface area contributed by atoms with E-state index in [-0.39, 0.29) is 17.4 Å². The third-order valence-corrected chi connectivity index (χ3v) is 6.36. The fourth-order valence-corrected chi connectivity index (χ4v) is 4.55. The molecule has 0 N–H and O–H groups in total. The summed E-state index contributed by atoms with van der Waals surface area (Å²) in [6.45, 7) is 3.56. The molecule has 1 aliphatic carbocycles. The molecule has 5 nitrogen and oxygen atoms in total. The quantitative estimate of drug-likeness (QED) is 0.772. The highest BCUT2D eigenvalue weighted by molar-refractivity contribution is 7.91. The van der Waals surface area contributed by atoms with Crippen molar-refractivity contribution in [3.63, 3.8) is 0 Å². The maximum Gasteiger partial charge on any atom is 0.236 e. The van der Waals surface area contributed by atoms with Crippen LogP contribution >= 0.6 is 0 Å². The summed E-state index contributed by atoms with van der Waals surface area (Å²) in [6.07, 6.45) is 4.76. The van der Waals surface area contributed by atoms with Crippen molar-refractivity contribution < 1.29 is 13.2 Å². The molecule has 116 valence electrons. The van der Waals surface area contributed by atoms with Gasteiger partial charge < -0.3 is 4.90 Å². The molecule has 1 aliphatic heterocycles. The summed E-state index contributed by atoms with van der Waals surface area (Å²) < 4.78 is 22.8. The SMILES string of the molecule is CC1CCCCC1N(C)C(=O)CN1CCS(=O)(=O)CC1. The molecular weight excluding hydrogens is 276 g/mol. The number of carbonyl (C=O) groups is 1. The number of amides is 1. The molecule has 0 aromatic heterocycles. The summed E-state index contributed by atoms with van der Waals surface area (Å²) in [5.74, 6) is 1.07. The molecule has 0 aromatic rings. The van der Waals surface area contributed by atoms with Crippen LogP contribution in [0.2, 0.25) is 0 Å².